The number of ether oxygens (including phenoxy) is 1. The maximum Gasteiger partial charge on any atom is 0.241 e. The normalized spacial score (nSPS) is 12.6. The van der Waals surface area contributed by atoms with Gasteiger partial charge in [0.25, 0.3) is 0 Å². The summed E-state index contributed by atoms with van der Waals surface area (Å²) in [6, 6.07) is 11.0. The fraction of sp³-hybridized carbons (Fsp3) is 0.133. The van der Waals surface area contributed by atoms with Gasteiger partial charge < -0.3 is 14.6 Å². The number of aliphatic carboxylic acids is 1. The molecule has 0 bridgehead atoms. The third-order valence-corrected chi connectivity index (χ3v) is 4.75. The lowest BCUT2D eigenvalue weighted by molar-refractivity contribution is -0.307. The van der Waals surface area contributed by atoms with E-state index in [0.717, 1.165) is 0 Å². The van der Waals surface area contributed by atoms with Crippen LogP contribution in [0.15, 0.2) is 53.4 Å². The van der Waals surface area contributed by atoms with Crippen molar-refractivity contribution in [2.24, 2.45) is 0 Å². The van der Waals surface area contributed by atoms with Crippen LogP contribution in [0.1, 0.15) is 6.92 Å². The molecule has 2 aromatic carbocycles. The van der Waals surface area contributed by atoms with Gasteiger partial charge in [-0.05, 0) is 43.3 Å². The van der Waals surface area contributed by atoms with Crippen LogP contribution in [0.5, 0.6) is 11.5 Å². The van der Waals surface area contributed by atoms with E-state index in [-0.39, 0.29) is 4.90 Å². The van der Waals surface area contributed by atoms with E-state index in [9.17, 15) is 18.3 Å². The average Bonchev–Trinajstić information content (AvgIpc) is 2.49. The first-order chi connectivity index (χ1) is 10.8. The highest BCUT2D eigenvalue weighted by Gasteiger charge is 2.18. The molecule has 0 radical (unpaired) electrons. The number of para-hydroxylation sites is 1. The highest BCUT2D eigenvalue weighted by Crippen LogP contribution is 2.29. The number of carbonyl (C=O) groups is 1. The second kappa shape index (κ2) is 6.99. The summed E-state index contributed by atoms with van der Waals surface area (Å²) in [4.78, 5) is 10.5. The van der Waals surface area contributed by atoms with Gasteiger partial charge in [-0.25, -0.2) is 13.1 Å². The monoisotopic (exact) mass is 354 g/mol. The van der Waals surface area contributed by atoms with Crippen molar-refractivity contribution >= 4 is 27.6 Å². The topological polar surface area (TPSA) is 95.5 Å². The van der Waals surface area contributed by atoms with Crippen molar-refractivity contribution in [2.75, 3.05) is 0 Å². The number of carboxylic acids is 1. The van der Waals surface area contributed by atoms with Crippen LogP contribution in [0.2, 0.25) is 5.02 Å². The quantitative estimate of drug-likeness (QED) is 0.849. The van der Waals surface area contributed by atoms with Crippen LogP contribution in [0, 0.1) is 0 Å². The maximum absolute atomic E-state index is 12.0. The zero-order valence-corrected chi connectivity index (χ0v) is 13.6. The molecule has 1 N–H and O–H groups in total. The van der Waals surface area contributed by atoms with Gasteiger partial charge in [-0.15, -0.1) is 0 Å². The molecule has 6 nitrogen and oxygen atoms in total. The second-order valence-corrected chi connectivity index (χ2v) is 6.79. The van der Waals surface area contributed by atoms with Crippen LogP contribution in [-0.4, -0.2) is 20.4 Å². The number of rotatable bonds is 6. The molecule has 0 heterocycles. The van der Waals surface area contributed by atoms with Crippen LogP contribution in [-0.2, 0) is 14.8 Å². The minimum Gasteiger partial charge on any atom is -0.548 e. The Hall–Kier alpha value is -2.09. The summed E-state index contributed by atoms with van der Waals surface area (Å²) in [5.41, 5.74) is 0. The predicted molar refractivity (Wildman–Crippen MR) is 82.8 cm³/mol. The van der Waals surface area contributed by atoms with Gasteiger partial charge in [0.2, 0.25) is 10.0 Å². The van der Waals surface area contributed by atoms with Crippen LogP contribution < -0.4 is 14.6 Å². The number of carbonyl (C=O) groups excluding carboxylic acids is 1. The van der Waals surface area contributed by atoms with Crippen LogP contribution in [0.3, 0.4) is 0 Å². The number of benzene rings is 2. The van der Waals surface area contributed by atoms with E-state index >= 15 is 0 Å². The molecule has 2 rings (SSSR count). The van der Waals surface area contributed by atoms with Crippen LogP contribution in [0.25, 0.3) is 0 Å². The number of nitrogens with one attached hydrogen (secondary N) is 1. The Labute approximate surface area is 138 Å². The summed E-state index contributed by atoms with van der Waals surface area (Å²) in [5.74, 6) is -0.675. The van der Waals surface area contributed by atoms with E-state index in [2.05, 4.69) is 0 Å². The molecular formula is C15H13ClNO5S-. The molecule has 2 aromatic rings. The standard InChI is InChI=1S/C15H14ClNO5S/c1-10(15(18)19)17-23(20,21)12-8-6-11(7-9-12)22-14-5-3-2-4-13(14)16/h2-10,17H,1H3,(H,18,19)/p-1/t10-/m1/s1. The molecule has 0 unspecified atom stereocenters. The molecule has 0 fully saturated rings. The molecule has 8 heteroatoms. The van der Waals surface area contributed by atoms with Gasteiger partial charge in [-0.2, -0.15) is 0 Å². The number of hydrogen-bond acceptors (Lipinski definition) is 5. The van der Waals surface area contributed by atoms with E-state index in [1.807, 2.05) is 4.72 Å². The number of halogens is 1. The Morgan fingerprint density at radius 1 is 1.17 bits per heavy atom. The van der Waals surface area contributed by atoms with Crippen molar-refractivity contribution in [3.8, 4) is 11.5 Å². The Morgan fingerprint density at radius 2 is 1.78 bits per heavy atom. The molecule has 0 spiro atoms. The highest BCUT2D eigenvalue weighted by atomic mass is 35.5. The van der Waals surface area contributed by atoms with Crippen molar-refractivity contribution in [3.05, 3.63) is 53.6 Å². The third-order valence-electron chi connectivity index (χ3n) is 2.88. The Bertz CT molecular complexity index is 805. The van der Waals surface area contributed by atoms with Crippen LogP contribution in [0.4, 0.5) is 0 Å². The molecule has 0 aromatic heterocycles. The van der Waals surface area contributed by atoms with Crippen LogP contribution >= 0.6 is 11.6 Å². The maximum atomic E-state index is 12.0. The molecule has 122 valence electrons. The first-order valence-electron chi connectivity index (χ1n) is 6.55. The van der Waals surface area contributed by atoms with Gasteiger partial charge in [0.05, 0.1) is 21.9 Å². The van der Waals surface area contributed by atoms with E-state index in [1.54, 1.807) is 24.3 Å². The lowest BCUT2D eigenvalue weighted by atomic mass is 10.3. The smallest absolute Gasteiger partial charge is 0.241 e. The highest BCUT2D eigenvalue weighted by molar-refractivity contribution is 7.89. The van der Waals surface area contributed by atoms with E-state index in [0.29, 0.717) is 16.5 Å². The van der Waals surface area contributed by atoms with Crippen molar-refractivity contribution in [3.63, 3.8) is 0 Å². The summed E-state index contributed by atoms with van der Waals surface area (Å²) >= 11 is 5.97. The second-order valence-electron chi connectivity index (χ2n) is 4.67. The molecular weight excluding hydrogens is 342 g/mol. The summed E-state index contributed by atoms with van der Waals surface area (Å²) in [6.45, 7) is 1.18. The number of hydrogen-bond donors (Lipinski definition) is 1. The lowest BCUT2D eigenvalue weighted by Crippen LogP contribution is -2.45. The average molecular weight is 355 g/mol. The van der Waals surface area contributed by atoms with Crippen molar-refractivity contribution in [2.45, 2.75) is 17.9 Å². The lowest BCUT2D eigenvalue weighted by Gasteiger charge is -2.15. The Morgan fingerprint density at radius 3 is 2.35 bits per heavy atom. The van der Waals surface area contributed by atoms with Gasteiger partial charge in [-0.3, -0.25) is 0 Å². The fourth-order valence-electron chi connectivity index (χ4n) is 1.69. The van der Waals surface area contributed by atoms with Gasteiger partial charge in [0.15, 0.2) is 0 Å². The Balaban J connectivity index is 2.16. The molecule has 0 saturated carbocycles. The van der Waals surface area contributed by atoms with Gasteiger partial charge in [0, 0.05) is 0 Å². The largest absolute Gasteiger partial charge is 0.548 e. The molecule has 1 atom stereocenters. The first kappa shape index (κ1) is 17.3. The van der Waals surface area contributed by atoms with E-state index < -0.39 is 22.0 Å². The van der Waals surface area contributed by atoms with Crippen molar-refractivity contribution in [1.29, 1.82) is 0 Å². The predicted octanol–water partition coefficient (Wildman–Crippen LogP) is 1.55. The summed E-state index contributed by atoms with van der Waals surface area (Å²) in [7, 11) is -3.95. The van der Waals surface area contributed by atoms with Crippen molar-refractivity contribution < 1.29 is 23.1 Å². The first-order valence-corrected chi connectivity index (χ1v) is 8.41. The molecule has 0 saturated heterocycles. The van der Waals surface area contributed by atoms with Gasteiger partial charge in [-0.1, -0.05) is 23.7 Å². The van der Waals surface area contributed by atoms with E-state index in [1.165, 1.54) is 31.2 Å². The molecule has 0 aliphatic rings. The van der Waals surface area contributed by atoms with Gasteiger partial charge in [0.1, 0.15) is 11.5 Å². The summed E-state index contributed by atoms with van der Waals surface area (Å²) in [5, 5.41) is 11.1. The molecule has 0 aliphatic heterocycles. The minimum atomic E-state index is -3.95. The molecule has 23 heavy (non-hydrogen) atoms. The van der Waals surface area contributed by atoms with Gasteiger partial charge >= 0.3 is 0 Å². The van der Waals surface area contributed by atoms with Crippen molar-refractivity contribution in [1.82, 2.24) is 4.72 Å². The zero-order chi connectivity index (χ0) is 17.0. The Kier molecular flexibility index (Phi) is 5.25. The SMILES string of the molecule is C[C@@H](NS(=O)(=O)c1ccc(Oc2ccccc2Cl)cc1)C(=O)[O-]. The number of carboxylic acid groups (broad SMARTS) is 1. The summed E-state index contributed by atoms with van der Waals surface area (Å²) < 4.78 is 31.6. The number of sulfonamides is 1. The molecule has 0 amide bonds. The third kappa shape index (κ3) is 4.44. The minimum absolute atomic E-state index is 0.0860. The fourth-order valence-corrected chi connectivity index (χ4v) is 3.06. The summed E-state index contributed by atoms with van der Waals surface area (Å²) in [6.07, 6.45) is 0. The zero-order valence-electron chi connectivity index (χ0n) is 12.0. The van der Waals surface area contributed by atoms with E-state index in [4.69, 9.17) is 16.3 Å². The molecule has 0 aliphatic carbocycles.